The minimum atomic E-state index is -0.123. The molecule has 0 saturated heterocycles. The largest absolute Gasteiger partial charge is 0.351 e. The fourth-order valence-electron chi connectivity index (χ4n) is 3.94. The zero-order valence-electron chi connectivity index (χ0n) is 19.2. The Hall–Kier alpha value is -3.61. The summed E-state index contributed by atoms with van der Waals surface area (Å²) < 4.78 is 3.52. The molecule has 0 fully saturated rings. The lowest BCUT2D eigenvalue weighted by atomic mass is 10.0. The first-order chi connectivity index (χ1) is 15.3. The highest BCUT2D eigenvalue weighted by Crippen LogP contribution is 2.21. The Kier molecular flexibility index (Phi) is 7.30. The average molecular weight is 434 g/mol. The van der Waals surface area contributed by atoms with Crippen molar-refractivity contribution in [1.82, 2.24) is 24.4 Å². The summed E-state index contributed by atoms with van der Waals surface area (Å²) in [6.45, 7) is 8.11. The van der Waals surface area contributed by atoms with Gasteiger partial charge in [0.2, 0.25) is 0 Å². The molecule has 2 amide bonds. The maximum absolute atomic E-state index is 13.5. The predicted molar refractivity (Wildman–Crippen MR) is 127 cm³/mol. The van der Waals surface area contributed by atoms with Crippen LogP contribution in [0.1, 0.15) is 46.3 Å². The molecule has 0 aromatic carbocycles. The Morgan fingerprint density at radius 3 is 2.72 bits per heavy atom. The number of hydrogen-bond donors (Lipinski definition) is 1. The number of allylic oxidation sites excluding steroid dienone is 2. The van der Waals surface area contributed by atoms with E-state index in [1.165, 1.54) is 0 Å². The zero-order valence-corrected chi connectivity index (χ0v) is 19.2. The van der Waals surface area contributed by atoms with Crippen LogP contribution in [-0.2, 0) is 7.05 Å². The maximum atomic E-state index is 13.5. The number of pyridine rings is 1. The zero-order chi connectivity index (χ0) is 23.3. The summed E-state index contributed by atoms with van der Waals surface area (Å²) in [4.78, 5) is 27.7. The van der Waals surface area contributed by atoms with Gasteiger partial charge in [0, 0.05) is 39.1 Å². The second-order valence-corrected chi connectivity index (χ2v) is 8.06. The number of amides is 2. The van der Waals surface area contributed by atoms with E-state index in [-0.39, 0.29) is 17.9 Å². The number of fused-ring (bicyclic) bond motifs is 1. The number of carbonyl (C=O) groups excluding carboxylic acids is 2. The number of nitrogens with zero attached hydrogens (tertiary/aromatic N) is 4. The fraction of sp³-hybridized carbons (Fsp3) is 0.320. The molecule has 32 heavy (non-hydrogen) atoms. The van der Waals surface area contributed by atoms with Crippen LogP contribution in [0.15, 0.2) is 67.0 Å². The highest BCUT2D eigenvalue weighted by Gasteiger charge is 2.26. The first-order valence-electron chi connectivity index (χ1n) is 10.7. The summed E-state index contributed by atoms with van der Waals surface area (Å²) in [7, 11) is 3.66. The third-order valence-corrected chi connectivity index (χ3v) is 5.70. The highest BCUT2D eigenvalue weighted by molar-refractivity contribution is 6.02. The molecule has 0 aliphatic rings. The van der Waals surface area contributed by atoms with E-state index >= 15 is 0 Å². The molecule has 7 heteroatoms. The molecule has 3 rings (SSSR count). The molecule has 1 atom stereocenters. The van der Waals surface area contributed by atoms with E-state index in [9.17, 15) is 9.59 Å². The Morgan fingerprint density at radius 2 is 2.03 bits per heavy atom. The normalized spacial score (nSPS) is 12.6. The van der Waals surface area contributed by atoms with E-state index in [0.29, 0.717) is 36.3 Å². The Balaban J connectivity index is 1.77. The Labute approximate surface area is 189 Å². The summed E-state index contributed by atoms with van der Waals surface area (Å²) in [6, 6.07) is 9.23. The Bertz CT molecular complexity index is 1150. The summed E-state index contributed by atoms with van der Waals surface area (Å²) in [6.07, 6.45) is 8.69. The van der Waals surface area contributed by atoms with Crippen LogP contribution in [0.5, 0.6) is 0 Å². The van der Waals surface area contributed by atoms with Crippen LogP contribution in [-0.4, -0.2) is 50.5 Å². The molecule has 3 aromatic rings. The molecule has 0 aliphatic heterocycles. The third-order valence-electron chi connectivity index (χ3n) is 5.70. The molecule has 0 radical (unpaired) electrons. The van der Waals surface area contributed by atoms with Crippen LogP contribution in [0.25, 0.3) is 5.52 Å². The summed E-state index contributed by atoms with van der Waals surface area (Å²) in [5.41, 5.74) is 3.82. The highest BCUT2D eigenvalue weighted by atomic mass is 16.2. The minimum Gasteiger partial charge on any atom is -0.351 e. The maximum Gasteiger partial charge on any atom is 0.267 e. The van der Waals surface area contributed by atoms with Crippen LogP contribution in [0.3, 0.4) is 0 Å². The fourth-order valence-corrected chi connectivity index (χ4v) is 3.94. The van der Waals surface area contributed by atoms with Crippen molar-refractivity contribution in [1.29, 1.82) is 0 Å². The van der Waals surface area contributed by atoms with Gasteiger partial charge in [-0.3, -0.25) is 9.59 Å². The van der Waals surface area contributed by atoms with E-state index in [1.54, 1.807) is 26.1 Å². The van der Waals surface area contributed by atoms with Crippen molar-refractivity contribution in [2.24, 2.45) is 7.05 Å². The number of hydrogen-bond acceptors (Lipinski definition) is 3. The van der Waals surface area contributed by atoms with Crippen LogP contribution in [0.2, 0.25) is 0 Å². The number of nitrogens with one attached hydrogen (secondary N) is 1. The Morgan fingerprint density at radius 1 is 1.25 bits per heavy atom. The van der Waals surface area contributed by atoms with Crippen molar-refractivity contribution in [3.63, 3.8) is 0 Å². The molecule has 7 nitrogen and oxygen atoms in total. The van der Waals surface area contributed by atoms with E-state index < -0.39 is 0 Å². The molecule has 0 spiro atoms. The van der Waals surface area contributed by atoms with Crippen molar-refractivity contribution >= 4 is 17.3 Å². The number of aromatic nitrogens is 3. The second-order valence-electron chi connectivity index (χ2n) is 8.06. The molecule has 1 unspecified atom stereocenters. The summed E-state index contributed by atoms with van der Waals surface area (Å²) >= 11 is 0. The quantitative estimate of drug-likeness (QED) is 0.522. The van der Waals surface area contributed by atoms with Gasteiger partial charge in [-0.1, -0.05) is 30.4 Å². The van der Waals surface area contributed by atoms with Gasteiger partial charge >= 0.3 is 0 Å². The average Bonchev–Trinajstić information content (AvgIpc) is 3.34. The number of aryl methyl sites for hydroxylation is 2. The van der Waals surface area contributed by atoms with Gasteiger partial charge in [-0.15, -0.1) is 0 Å². The molecular formula is C25H31N5O2. The van der Waals surface area contributed by atoms with Gasteiger partial charge in [0.15, 0.2) is 0 Å². The molecule has 3 heterocycles. The number of rotatable bonds is 9. The van der Waals surface area contributed by atoms with Crippen LogP contribution in [0.4, 0.5) is 0 Å². The second kappa shape index (κ2) is 10.1. The van der Waals surface area contributed by atoms with E-state index in [0.717, 1.165) is 11.1 Å². The van der Waals surface area contributed by atoms with Gasteiger partial charge in [-0.2, -0.15) is 5.10 Å². The lowest BCUT2D eigenvalue weighted by molar-refractivity contribution is 0.0724. The first kappa shape index (κ1) is 23.1. The molecule has 3 aromatic heterocycles. The topological polar surface area (TPSA) is 71.6 Å². The molecular weight excluding hydrogens is 402 g/mol. The van der Waals surface area contributed by atoms with Gasteiger partial charge in [0.05, 0.1) is 16.8 Å². The summed E-state index contributed by atoms with van der Waals surface area (Å²) in [5.74, 6) is -0.198. The van der Waals surface area contributed by atoms with Crippen molar-refractivity contribution in [2.45, 2.75) is 32.7 Å². The van der Waals surface area contributed by atoms with Gasteiger partial charge in [-0.25, -0.2) is 4.52 Å². The molecule has 1 N–H and O–H groups in total. The molecule has 0 aliphatic carbocycles. The molecule has 0 bridgehead atoms. The van der Waals surface area contributed by atoms with Crippen molar-refractivity contribution in [3.8, 4) is 0 Å². The standard InChI is InChI=1S/C25H31N5O2/c1-6-10-18(2)17-20(13-14-26-24(31)22-12-9-15-28(22)4)29(5)25(32)23-19(3)27-30-16-8-7-11-21(23)30/h6-12,15-16,20H,1,13-14,17H2,2-5H3,(H,26,31). The monoisotopic (exact) mass is 433 g/mol. The van der Waals surface area contributed by atoms with Gasteiger partial charge in [0.1, 0.15) is 5.69 Å². The smallest absolute Gasteiger partial charge is 0.267 e. The van der Waals surface area contributed by atoms with E-state index in [1.807, 2.05) is 70.7 Å². The van der Waals surface area contributed by atoms with Crippen molar-refractivity contribution < 1.29 is 9.59 Å². The third kappa shape index (κ3) is 4.99. The van der Waals surface area contributed by atoms with Gasteiger partial charge in [-0.05, 0) is 51.0 Å². The minimum absolute atomic E-state index is 0.0751. The first-order valence-corrected chi connectivity index (χ1v) is 10.7. The van der Waals surface area contributed by atoms with Crippen LogP contribution >= 0.6 is 0 Å². The van der Waals surface area contributed by atoms with Crippen molar-refractivity contribution in [2.75, 3.05) is 13.6 Å². The van der Waals surface area contributed by atoms with E-state index in [2.05, 4.69) is 17.0 Å². The number of carbonyl (C=O) groups is 2. The van der Waals surface area contributed by atoms with Crippen LogP contribution < -0.4 is 5.32 Å². The molecule has 168 valence electrons. The molecule has 0 saturated carbocycles. The van der Waals surface area contributed by atoms with Crippen molar-refractivity contribution in [3.05, 3.63) is 84.0 Å². The van der Waals surface area contributed by atoms with Gasteiger partial charge in [0.25, 0.3) is 11.8 Å². The predicted octanol–water partition coefficient (Wildman–Crippen LogP) is 3.76. The van der Waals surface area contributed by atoms with E-state index in [4.69, 9.17) is 0 Å². The summed E-state index contributed by atoms with van der Waals surface area (Å²) in [5, 5.41) is 7.45. The lowest BCUT2D eigenvalue weighted by Crippen LogP contribution is -2.40. The van der Waals surface area contributed by atoms with Crippen LogP contribution in [0, 0.1) is 6.92 Å². The van der Waals surface area contributed by atoms with Gasteiger partial charge < -0.3 is 14.8 Å². The SMILES string of the molecule is C=CC=C(C)CC(CCNC(=O)c1cccn1C)N(C)C(=O)c1c(C)nn2ccccc12. The lowest BCUT2D eigenvalue weighted by Gasteiger charge is -2.29.